The molecule has 1 fully saturated rings. The summed E-state index contributed by atoms with van der Waals surface area (Å²) in [5, 5.41) is 11.2. The van der Waals surface area contributed by atoms with Crippen molar-refractivity contribution in [2.45, 2.75) is 0 Å². The molecule has 128 valence electrons. The number of benzene rings is 1. The highest BCUT2D eigenvalue weighted by atomic mass is 35.5. The van der Waals surface area contributed by atoms with Gasteiger partial charge in [-0.1, -0.05) is 11.6 Å². The normalized spacial score (nSPS) is 16.3. The van der Waals surface area contributed by atoms with Gasteiger partial charge in [0.2, 0.25) is 10.0 Å². The van der Waals surface area contributed by atoms with E-state index in [1.807, 2.05) is 0 Å². The molecule has 2 aromatic rings. The van der Waals surface area contributed by atoms with Gasteiger partial charge in [0.05, 0.1) is 22.5 Å². The largest absolute Gasteiger partial charge is 0.336 e. The number of hydrogen-bond donors (Lipinski definition) is 0. The first kappa shape index (κ1) is 16.8. The summed E-state index contributed by atoms with van der Waals surface area (Å²) in [5.74, 6) is -0.247. The Morgan fingerprint density at radius 1 is 1.21 bits per heavy atom. The highest BCUT2D eigenvalue weighted by Crippen LogP contribution is 2.22. The Morgan fingerprint density at radius 2 is 1.92 bits per heavy atom. The molecule has 0 spiro atoms. The number of carbonyl (C=O) groups excluding carboxylic acids is 1. The first-order chi connectivity index (χ1) is 11.4. The molecule has 24 heavy (non-hydrogen) atoms. The standard InChI is InChI=1S/C13H15ClN6O3S/c1-24(22,23)19-6-4-18(5-7-19)13(21)11-8-10(2-3-12(11)14)20-9-15-16-17-20/h2-3,8-9H,4-7H2,1H3. The molecule has 0 radical (unpaired) electrons. The van der Waals surface area contributed by atoms with Gasteiger partial charge in [-0.25, -0.2) is 13.1 Å². The van der Waals surface area contributed by atoms with Crippen LogP contribution in [0.15, 0.2) is 24.5 Å². The molecule has 1 aromatic heterocycles. The summed E-state index contributed by atoms with van der Waals surface area (Å²) < 4.78 is 25.9. The Hall–Kier alpha value is -2.04. The van der Waals surface area contributed by atoms with Crippen LogP contribution in [0.25, 0.3) is 5.69 Å². The molecular formula is C13H15ClN6O3S. The smallest absolute Gasteiger partial charge is 0.255 e. The number of nitrogens with zero attached hydrogens (tertiary/aromatic N) is 6. The molecule has 2 heterocycles. The van der Waals surface area contributed by atoms with Gasteiger partial charge >= 0.3 is 0 Å². The number of rotatable bonds is 3. The second-order valence-electron chi connectivity index (χ2n) is 5.37. The first-order valence-electron chi connectivity index (χ1n) is 7.13. The van der Waals surface area contributed by atoms with Crippen LogP contribution in [0.1, 0.15) is 10.4 Å². The Balaban J connectivity index is 1.80. The highest BCUT2D eigenvalue weighted by Gasteiger charge is 2.27. The zero-order chi connectivity index (χ0) is 17.3. The molecule has 1 aliphatic heterocycles. The van der Waals surface area contributed by atoms with Crippen LogP contribution in [-0.2, 0) is 10.0 Å². The van der Waals surface area contributed by atoms with E-state index in [2.05, 4.69) is 15.5 Å². The highest BCUT2D eigenvalue weighted by molar-refractivity contribution is 7.88. The molecule has 0 atom stereocenters. The monoisotopic (exact) mass is 370 g/mol. The van der Waals surface area contributed by atoms with E-state index in [1.165, 1.54) is 15.3 Å². The van der Waals surface area contributed by atoms with Gasteiger partial charge in [-0.3, -0.25) is 4.79 Å². The molecule has 0 bridgehead atoms. The Bertz CT molecular complexity index is 847. The van der Waals surface area contributed by atoms with Crippen molar-refractivity contribution in [3.05, 3.63) is 35.1 Å². The van der Waals surface area contributed by atoms with E-state index in [1.54, 1.807) is 23.1 Å². The van der Waals surface area contributed by atoms with Gasteiger partial charge < -0.3 is 4.90 Å². The van der Waals surface area contributed by atoms with Crippen molar-refractivity contribution in [2.75, 3.05) is 32.4 Å². The summed E-state index contributed by atoms with van der Waals surface area (Å²) >= 11 is 6.16. The summed E-state index contributed by atoms with van der Waals surface area (Å²) in [6.07, 6.45) is 2.58. The lowest BCUT2D eigenvalue weighted by Gasteiger charge is -2.33. The second-order valence-corrected chi connectivity index (χ2v) is 7.76. The van der Waals surface area contributed by atoms with E-state index in [0.29, 0.717) is 29.4 Å². The number of amides is 1. The third-order valence-corrected chi connectivity index (χ3v) is 5.42. The zero-order valence-electron chi connectivity index (χ0n) is 12.8. The number of aromatic nitrogens is 4. The van der Waals surface area contributed by atoms with Crippen LogP contribution < -0.4 is 0 Å². The average Bonchev–Trinajstić information content (AvgIpc) is 3.08. The molecule has 0 aliphatic carbocycles. The van der Waals surface area contributed by atoms with E-state index in [9.17, 15) is 13.2 Å². The minimum Gasteiger partial charge on any atom is -0.336 e. The molecule has 0 unspecified atom stereocenters. The fraction of sp³-hybridized carbons (Fsp3) is 0.385. The Labute approximate surface area is 143 Å². The zero-order valence-corrected chi connectivity index (χ0v) is 14.4. The second kappa shape index (κ2) is 6.46. The van der Waals surface area contributed by atoms with Crippen molar-refractivity contribution < 1.29 is 13.2 Å². The number of hydrogen-bond acceptors (Lipinski definition) is 6. The predicted molar refractivity (Wildman–Crippen MR) is 86.5 cm³/mol. The maximum atomic E-state index is 12.7. The number of carbonyl (C=O) groups is 1. The van der Waals surface area contributed by atoms with Gasteiger partial charge in [0.1, 0.15) is 6.33 Å². The molecule has 9 nitrogen and oxygen atoms in total. The Morgan fingerprint density at radius 3 is 2.50 bits per heavy atom. The molecule has 0 saturated carbocycles. The van der Waals surface area contributed by atoms with Crippen LogP contribution in [-0.4, -0.2) is 76.2 Å². The van der Waals surface area contributed by atoms with Gasteiger partial charge in [-0.2, -0.15) is 4.31 Å². The summed E-state index contributed by atoms with van der Waals surface area (Å²) in [7, 11) is -3.24. The number of halogens is 1. The van der Waals surface area contributed by atoms with Crippen molar-refractivity contribution in [3.63, 3.8) is 0 Å². The van der Waals surface area contributed by atoms with Gasteiger partial charge in [0.25, 0.3) is 5.91 Å². The average molecular weight is 371 g/mol. The van der Waals surface area contributed by atoms with Crippen LogP contribution in [0.2, 0.25) is 5.02 Å². The van der Waals surface area contributed by atoms with Crippen molar-refractivity contribution >= 4 is 27.5 Å². The summed E-state index contributed by atoms with van der Waals surface area (Å²) in [6, 6.07) is 4.93. The van der Waals surface area contributed by atoms with Crippen LogP contribution >= 0.6 is 11.6 Å². The van der Waals surface area contributed by atoms with E-state index >= 15 is 0 Å². The van der Waals surface area contributed by atoms with Crippen LogP contribution in [0.5, 0.6) is 0 Å². The minimum atomic E-state index is -3.24. The fourth-order valence-electron chi connectivity index (χ4n) is 2.49. The van der Waals surface area contributed by atoms with E-state index in [0.717, 1.165) is 6.26 Å². The number of piperazine rings is 1. The molecule has 0 N–H and O–H groups in total. The van der Waals surface area contributed by atoms with Crippen LogP contribution in [0.3, 0.4) is 0 Å². The lowest BCUT2D eigenvalue weighted by atomic mass is 10.1. The van der Waals surface area contributed by atoms with E-state index in [4.69, 9.17) is 11.6 Å². The Kier molecular flexibility index (Phi) is 4.52. The van der Waals surface area contributed by atoms with Crippen LogP contribution in [0, 0.1) is 0 Å². The van der Waals surface area contributed by atoms with Gasteiger partial charge in [-0.15, -0.1) is 5.10 Å². The van der Waals surface area contributed by atoms with E-state index in [-0.39, 0.29) is 19.0 Å². The fourth-order valence-corrected chi connectivity index (χ4v) is 3.52. The molecular weight excluding hydrogens is 356 g/mol. The molecule has 11 heteroatoms. The summed E-state index contributed by atoms with van der Waals surface area (Å²) in [6.45, 7) is 1.18. The van der Waals surface area contributed by atoms with Gasteiger partial charge in [-0.05, 0) is 28.6 Å². The van der Waals surface area contributed by atoms with Crippen molar-refractivity contribution in [2.24, 2.45) is 0 Å². The maximum Gasteiger partial charge on any atom is 0.255 e. The van der Waals surface area contributed by atoms with Crippen molar-refractivity contribution in [1.82, 2.24) is 29.4 Å². The van der Waals surface area contributed by atoms with Crippen molar-refractivity contribution in [1.29, 1.82) is 0 Å². The van der Waals surface area contributed by atoms with Crippen LogP contribution in [0.4, 0.5) is 0 Å². The molecule has 1 saturated heterocycles. The minimum absolute atomic E-state index is 0.247. The number of sulfonamides is 1. The lowest BCUT2D eigenvalue weighted by molar-refractivity contribution is 0.0698. The maximum absolute atomic E-state index is 12.7. The SMILES string of the molecule is CS(=O)(=O)N1CCN(C(=O)c2cc(-n3cnnn3)ccc2Cl)CC1. The molecule has 3 rings (SSSR count). The third kappa shape index (κ3) is 3.40. The first-order valence-corrected chi connectivity index (χ1v) is 9.36. The van der Waals surface area contributed by atoms with E-state index < -0.39 is 10.0 Å². The quantitative estimate of drug-likeness (QED) is 0.755. The summed E-state index contributed by atoms with van der Waals surface area (Å²) in [4.78, 5) is 14.3. The predicted octanol–water partition coefficient (Wildman–Crippen LogP) is 0.0331. The summed E-state index contributed by atoms with van der Waals surface area (Å²) in [5.41, 5.74) is 0.944. The topological polar surface area (TPSA) is 101 Å². The van der Waals surface area contributed by atoms with Gasteiger partial charge in [0, 0.05) is 26.2 Å². The van der Waals surface area contributed by atoms with Crippen molar-refractivity contribution in [3.8, 4) is 5.69 Å². The molecule has 1 amide bonds. The van der Waals surface area contributed by atoms with Gasteiger partial charge in [0.15, 0.2) is 0 Å². The molecule has 1 aromatic carbocycles. The third-order valence-electron chi connectivity index (χ3n) is 3.79. The molecule has 1 aliphatic rings. The number of tetrazole rings is 1. The lowest BCUT2D eigenvalue weighted by Crippen LogP contribution is -2.50.